The van der Waals surface area contributed by atoms with E-state index in [9.17, 15) is 0 Å². The largest absolute Gasteiger partial charge is 0.291 e. The predicted octanol–water partition coefficient (Wildman–Crippen LogP) is 3.98. The summed E-state index contributed by atoms with van der Waals surface area (Å²) in [5, 5.41) is 3.71. The van der Waals surface area contributed by atoms with Crippen molar-refractivity contribution >= 4 is 38.4 Å². The summed E-state index contributed by atoms with van der Waals surface area (Å²) in [7, 11) is 0. The fraction of sp³-hybridized carbons (Fsp3) is 0.0625. The maximum atomic E-state index is 4.84. The minimum Gasteiger partial charge on any atom is -0.291 e. The molecule has 0 aliphatic heterocycles. The number of fused-ring (bicyclic) bond motifs is 4. The van der Waals surface area contributed by atoms with Crippen LogP contribution in [0.25, 0.3) is 38.4 Å². The van der Waals surface area contributed by atoms with E-state index in [1.807, 2.05) is 0 Å². The predicted molar refractivity (Wildman–Crippen MR) is 74.8 cm³/mol. The highest BCUT2D eigenvalue weighted by Gasteiger charge is 2.15. The summed E-state index contributed by atoms with van der Waals surface area (Å²) >= 11 is 0. The molecule has 2 nitrogen and oxygen atoms in total. The van der Waals surface area contributed by atoms with Crippen molar-refractivity contribution < 1.29 is 0 Å². The van der Waals surface area contributed by atoms with Gasteiger partial charge >= 0.3 is 0 Å². The minimum atomic E-state index is 1.09. The van der Waals surface area contributed by atoms with Crippen molar-refractivity contribution in [1.29, 1.82) is 0 Å². The third-order valence-electron chi connectivity index (χ3n) is 4.01. The summed E-state index contributed by atoms with van der Waals surface area (Å²) in [4.78, 5) is 4.84. The normalized spacial score (nSPS) is 12.7. The van der Waals surface area contributed by atoms with Crippen molar-refractivity contribution in [3.8, 4) is 0 Å². The van der Waals surface area contributed by atoms with Crippen molar-refractivity contribution in [3.05, 3.63) is 48.0 Å². The highest BCUT2D eigenvalue weighted by molar-refractivity contribution is 6.10. The second kappa shape index (κ2) is 2.56. The number of pyridine rings is 2. The molecule has 0 saturated heterocycles. The molecule has 0 fully saturated rings. The highest BCUT2D eigenvalue weighted by Crippen LogP contribution is 2.33. The van der Waals surface area contributed by atoms with Gasteiger partial charge in [0.2, 0.25) is 0 Å². The van der Waals surface area contributed by atoms with Gasteiger partial charge in [0, 0.05) is 16.2 Å². The summed E-state index contributed by atoms with van der Waals surface area (Å²) in [6.45, 7) is 2.17. The first-order valence-corrected chi connectivity index (χ1v) is 6.18. The van der Waals surface area contributed by atoms with E-state index in [1.165, 1.54) is 32.8 Å². The molecule has 18 heavy (non-hydrogen) atoms. The number of aryl methyl sites for hydroxylation is 1. The zero-order chi connectivity index (χ0) is 11.9. The van der Waals surface area contributed by atoms with Crippen LogP contribution in [0.3, 0.4) is 0 Å². The van der Waals surface area contributed by atoms with Gasteiger partial charge in [0.25, 0.3) is 0 Å². The third-order valence-corrected chi connectivity index (χ3v) is 4.01. The lowest BCUT2D eigenvalue weighted by Gasteiger charge is -2.09. The maximum absolute atomic E-state index is 4.84. The lowest BCUT2D eigenvalue weighted by Crippen LogP contribution is -1.93. The van der Waals surface area contributed by atoms with Crippen LogP contribution < -0.4 is 0 Å². The molecule has 0 radical (unpaired) electrons. The summed E-state index contributed by atoms with van der Waals surface area (Å²) in [6, 6.07) is 15.3. The Labute approximate surface area is 103 Å². The summed E-state index contributed by atoms with van der Waals surface area (Å²) in [6.07, 6.45) is 0. The van der Waals surface area contributed by atoms with Crippen molar-refractivity contribution in [1.82, 2.24) is 9.38 Å². The number of benzene rings is 4. The summed E-state index contributed by atoms with van der Waals surface area (Å²) in [5.74, 6) is 0. The molecule has 4 aromatic carbocycles. The Morgan fingerprint density at radius 1 is 0.889 bits per heavy atom. The molecule has 0 amide bonds. The van der Waals surface area contributed by atoms with Crippen LogP contribution >= 0.6 is 0 Å². The number of nitrogens with zero attached hydrogens (tertiary/aromatic N) is 2. The fourth-order valence-electron chi connectivity index (χ4n) is 3.15. The van der Waals surface area contributed by atoms with Gasteiger partial charge in [0.15, 0.2) is 0 Å². The quantitative estimate of drug-likeness (QED) is 0.393. The summed E-state index contributed by atoms with van der Waals surface area (Å²) < 4.78 is 2.31. The average Bonchev–Trinajstić information content (AvgIpc) is 2.84. The fourth-order valence-corrected chi connectivity index (χ4v) is 3.15. The van der Waals surface area contributed by atoms with E-state index in [-0.39, 0.29) is 0 Å². The van der Waals surface area contributed by atoms with Crippen LogP contribution in [0.4, 0.5) is 0 Å². The van der Waals surface area contributed by atoms with Gasteiger partial charge in [-0.2, -0.15) is 0 Å². The number of imidazole rings is 1. The third kappa shape index (κ3) is 0.788. The Balaban J connectivity index is 2.29. The molecular formula is C16H10N2. The lowest BCUT2D eigenvalue weighted by atomic mass is 10.1. The van der Waals surface area contributed by atoms with E-state index in [0.29, 0.717) is 0 Å². The lowest BCUT2D eigenvalue weighted by molar-refractivity contribution is 1.27. The molecule has 3 aromatic heterocycles. The van der Waals surface area contributed by atoms with E-state index >= 15 is 0 Å². The molecule has 0 aliphatic carbocycles. The van der Waals surface area contributed by atoms with Gasteiger partial charge in [-0.05, 0) is 30.7 Å². The topological polar surface area (TPSA) is 17.3 Å². The Morgan fingerprint density at radius 2 is 1.61 bits per heavy atom. The molecule has 2 heteroatoms. The second-order valence-electron chi connectivity index (χ2n) is 5.05. The molecule has 4 bridgehead atoms. The van der Waals surface area contributed by atoms with Gasteiger partial charge in [-0.15, -0.1) is 0 Å². The van der Waals surface area contributed by atoms with Crippen LogP contribution in [0, 0.1) is 6.92 Å². The molecular weight excluding hydrogens is 220 g/mol. The second-order valence-corrected chi connectivity index (χ2v) is 5.05. The van der Waals surface area contributed by atoms with Crippen molar-refractivity contribution in [2.24, 2.45) is 0 Å². The monoisotopic (exact) mass is 230 g/mol. The smallest absolute Gasteiger partial charge is 0.145 e. The molecule has 0 atom stereocenters. The maximum Gasteiger partial charge on any atom is 0.145 e. The van der Waals surface area contributed by atoms with E-state index in [1.54, 1.807) is 0 Å². The first-order valence-electron chi connectivity index (χ1n) is 6.18. The molecule has 0 aliphatic rings. The summed E-state index contributed by atoms with van der Waals surface area (Å²) in [5.41, 5.74) is 6.06. The first kappa shape index (κ1) is 8.70. The number of rotatable bonds is 0. The molecule has 3 heterocycles. The van der Waals surface area contributed by atoms with Crippen molar-refractivity contribution in [2.45, 2.75) is 6.92 Å². The van der Waals surface area contributed by atoms with Gasteiger partial charge in [0.1, 0.15) is 5.65 Å². The van der Waals surface area contributed by atoms with Gasteiger partial charge in [-0.3, -0.25) is 4.40 Å². The van der Waals surface area contributed by atoms with Crippen LogP contribution in [-0.4, -0.2) is 9.38 Å². The SMILES string of the molecule is Cc1cc2ccc1n1c2nc2c3ccc(cc3)c21. The standard InChI is InChI=1S/C16H10N2/c1-9-8-12-6-7-13(9)18-15-11-4-2-10(3-5-11)14(15)17-16(12)18/h2-8H,1H3. The van der Waals surface area contributed by atoms with E-state index < -0.39 is 0 Å². The average molecular weight is 230 g/mol. The van der Waals surface area contributed by atoms with Crippen LogP contribution in [0.1, 0.15) is 5.56 Å². The Bertz CT molecular complexity index is 1000. The Hall–Kier alpha value is -2.35. The molecule has 0 N–H and O–H groups in total. The van der Waals surface area contributed by atoms with Crippen LogP contribution in [-0.2, 0) is 0 Å². The first-order chi connectivity index (χ1) is 8.83. The van der Waals surface area contributed by atoms with E-state index in [0.717, 1.165) is 11.2 Å². The van der Waals surface area contributed by atoms with Gasteiger partial charge in [-0.25, -0.2) is 4.98 Å². The van der Waals surface area contributed by atoms with Gasteiger partial charge in [-0.1, -0.05) is 24.3 Å². The Kier molecular flexibility index (Phi) is 1.24. The molecule has 84 valence electrons. The number of hydrogen-bond donors (Lipinski definition) is 0. The van der Waals surface area contributed by atoms with Crippen molar-refractivity contribution in [3.63, 3.8) is 0 Å². The van der Waals surface area contributed by atoms with Crippen LogP contribution in [0.15, 0.2) is 42.5 Å². The van der Waals surface area contributed by atoms with Crippen LogP contribution in [0.5, 0.6) is 0 Å². The number of hydrogen-bond acceptors (Lipinski definition) is 1. The Morgan fingerprint density at radius 3 is 2.39 bits per heavy atom. The zero-order valence-corrected chi connectivity index (χ0v) is 9.94. The molecule has 7 rings (SSSR count). The minimum absolute atomic E-state index is 1.09. The molecule has 7 aromatic rings. The van der Waals surface area contributed by atoms with E-state index in [4.69, 9.17) is 4.98 Å². The molecule has 0 saturated carbocycles. The number of aromatic nitrogens is 2. The van der Waals surface area contributed by atoms with Crippen LogP contribution in [0.2, 0.25) is 0 Å². The molecule has 0 spiro atoms. The molecule has 0 unspecified atom stereocenters. The highest BCUT2D eigenvalue weighted by atomic mass is 15.0. The van der Waals surface area contributed by atoms with E-state index in [2.05, 4.69) is 53.8 Å². The van der Waals surface area contributed by atoms with Gasteiger partial charge in [0.05, 0.1) is 16.6 Å². The van der Waals surface area contributed by atoms with Crippen molar-refractivity contribution in [2.75, 3.05) is 0 Å². The zero-order valence-electron chi connectivity index (χ0n) is 9.94. The van der Waals surface area contributed by atoms with Gasteiger partial charge < -0.3 is 0 Å².